The van der Waals surface area contributed by atoms with Gasteiger partial charge in [-0.3, -0.25) is 9.59 Å². The Hall–Kier alpha value is -3.21. The average molecular weight is 507 g/mol. The number of nitrogens with zero attached hydrogens (tertiary/aromatic N) is 2. The normalized spacial score (nSPS) is 21.8. The van der Waals surface area contributed by atoms with Crippen molar-refractivity contribution in [1.82, 2.24) is 19.9 Å². The van der Waals surface area contributed by atoms with Crippen LogP contribution in [0.1, 0.15) is 65.3 Å². The van der Waals surface area contributed by atoms with E-state index in [0.717, 1.165) is 23.6 Å². The molecule has 36 heavy (non-hydrogen) atoms. The van der Waals surface area contributed by atoms with Gasteiger partial charge in [-0.25, -0.2) is 9.37 Å². The number of pyridine rings is 2. The second kappa shape index (κ2) is 9.34. The molecule has 2 aliphatic heterocycles. The van der Waals surface area contributed by atoms with E-state index in [-0.39, 0.29) is 30.5 Å². The molecular formula is C25H26F4N4O3. The number of hydrogen-bond donors (Lipinski definition) is 2. The van der Waals surface area contributed by atoms with Gasteiger partial charge in [-0.2, -0.15) is 13.2 Å². The first kappa shape index (κ1) is 24.5. The highest BCUT2D eigenvalue weighted by Crippen LogP contribution is 2.38. The third-order valence-corrected chi connectivity index (χ3v) is 7.35. The Kier molecular flexibility index (Phi) is 6.36. The van der Waals surface area contributed by atoms with Crippen LogP contribution in [0.3, 0.4) is 0 Å². The predicted molar refractivity (Wildman–Crippen MR) is 123 cm³/mol. The number of alkyl halides is 3. The zero-order valence-corrected chi connectivity index (χ0v) is 19.6. The molecule has 2 atom stereocenters. The van der Waals surface area contributed by atoms with Crippen LogP contribution in [-0.4, -0.2) is 52.1 Å². The third-order valence-electron chi connectivity index (χ3n) is 7.35. The van der Waals surface area contributed by atoms with Crippen LogP contribution < -0.4 is 5.56 Å². The van der Waals surface area contributed by atoms with Gasteiger partial charge < -0.3 is 19.6 Å². The van der Waals surface area contributed by atoms with E-state index in [2.05, 4.69) is 16.9 Å². The predicted octanol–water partition coefficient (Wildman–Crippen LogP) is 4.57. The van der Waals surface area contributed by atoms with Crippen molar-refractivity contribution >= 4 is 16.9 Å². The minimum atomic E-state index is -4.71. The summed E-state index contributed by atoms with van der Waals surface area (Å²) in [5.74, 6) is -0.618. The zero-order valence-electron chi connectivity index (χ0n) is 19.6. The van der Waals surface area contributed by atoms with Gasteiger partial charge in [0, 0.05) is 48.9 Å². The number of aromatic amines is 2. The number of H-pyrrole nitrogens is 2. The van der Waals surface area contributed by atoms with Gasteiger partial charge in [0.15, 0.2) is 0 Å². The summed E-state index contributed by atoms with van der Waals surface area (Å²) in [6, 6.07) is 3.57. The van der Waals surface area contributed by atoms with Crippen molar-refractivity contribution in [2.45, 2.75) is 44.2 Å². The first-order valence-electron chi connectivity index (χ1n) is 12.0. The maximum atomic E-state index is 15.0. The number of piperidine rings is 1. The highest BCUT2D eigenvalue weighted by molar-refractivity contribution is 5.94. The number of amides is 1. The number of aromatic nitrogens is 3. The smallest absolute Gasteiger partial charge is 0.381 e. The molecule has 0 aliphatic carbocycles. The van der Waals surface area contributed by atoms with Crippen molar-refractivity contribution in [3.63, 3.8) is 0 Å². The molecule has 5 rings (SSSR count). The van der Waals surface area contributed by atoms with Crippen LogP contribution in [0.4, 0.5) is 17.6 Å². The molecule has 0 aromatic carbocycles. The molecule has 0 spiro atoms. The lowest BCUT2D eigenvalue weighted by Gasteiger charge is -2.32. The number of carbonyl (C=O) groups excluding carboxylic acids is 1. The van der Waals surface area contributed by atoms with Crippen molar-refractivity contribution in [3.05, 3.63) is 63.1 Å². The van der Waals surface area contributed by atoms with Crippen LogP contribution in [0.5, 0.6) is 0 Å². The molecular weight excluding hydrogens is 480 g/mol. The molecule has 2 aliphatic rings. The monoisotopic (exact) mass is 506 g/mol. The molecule has 3 aromatic rings. The lowest BCUT2D eigenvalue weighted by Crippen LogP contribution is -2.40. The fourth-order valence-corrected chi connectivity index (χ4v) is 5.40. The number of rotatable bonds is 3. The Morgan fingerprint density at radius 1 is 1.17 bits per heavy atom. The van der Waals surface area contributed by atoms with Crippen LogP contribution in [0.25, 0.3) is 11.0 Å². The summed E-state index contributed by atoms with van der Waals surface area (Å²) in [6.07, 6.45) is -1.72. The van der Waals surface area contributed by atoms with Crippen LogP contribution in [-0.2, 0) is 10.9 Å². The van der Waals surface area contributed by atoms with E-state index in [1.165, 1.54) is 11.1 Å². The largest absolute Gasteiger partial charge is 0.431 e. The fraction of sp³-hybridized carbons (Fsp3) is 0.480. The lowest BCUT2D eigenvalue weighted by molar-refractivity contribution is -0.141. The number of fused-ring (bicyclic) bond motifs is 1. The molecule has 0 saturated carbocycles. The van der Waals surface area contributed by atoms with Crippen LogP contribution in [0.2, 0.25) is 0 Å². The first-order valence-corrected chi connectivity index (χ1v) is 12.0. The summed E-state index contributed by atoms with van der Waals surface area (Å²) in [5, 5.41) is 0.729. The van der Waals surface area contributed by atoms with Gasteiger partial charge in [0.2, 0.25) is 0 Å². The summed E-state index contributed by atoms with van der Waals surface area (Å²) in [5.41, 5.74) is -0.451. The summed E-state index contributed by atoms with van der Waals surface area (Å²) >= 11 is 0. The van der Waals surface area contributed by atoms with E-state index in [9.17, 15) is 22.8 Å². The molecule has 11 heteroatoms. The Balaban J connectivity index is 1.34. The second-order valence-corrected chi connectivity index (χ2v) is 9.63. The van der Waals surface area contributed by atoms with Gasteiger partial charge >= 0.3 is 6.18 Å². The van der Waals surface area contributed by atoms with E-state index >= 15 is 4.39 Å². The number of ether oxygens (including phenoxy) is 1. The first-order chi connectivity index (χ1) is 17.1. The van der Waals surface area contributed by atoms with E-state index < -0.39 is 29.2 Å². The van der Waals surface area contributed by atoms with Crippen LogP contribution in [0.15, 0.2) is 29.2 Å². The van der Waals surface area contributed by atoms with Gasteiger partial charge in [0.25, 0.3) is 11.5 Å². The van der Waals surface area contributed by atoms with Crippen molar-refractivity contribution in [3.8, 4) is 0 Å². The SMILES string of the molecule is C[C@@H]1COCC[C@@H]1c1cc2c(C3CCN(C(=O)c4ccc(C(F)(F)F)[nH]c4=O)CC3)c(F)cnc2[nH]1. The van der Waals surface area contributed by atoms with E-state index in [1.807, 2.05) is 6.07 Å². The number of carbonyl (C=O) groups is 1. The van der Waals surface area contributed by atoms with Crippen molar-refractivity contribution in [2.24, 2.45) is 5.92 Å². The highest BCUT2D eigenvalue weighted by Gasteiger charge is 2.34. The molecule has 0 unspecified atom stereocenters. The van der Waals surface area contributed by atoms with Crippen molar-refractivity contribution in [2.75, 3.05) is 26.3 Å². The van der Waals surface area contributed by atoms with Gasteiger partial charge in [-0.15, -0.1) is 0 Å². The molecule has 2 saturated heterocycles. The number of halogens is 4. The molecule has 1 amide bonds. The molecule has 5 heterocycles. The summed E-state index contributed by atoms with van der Waals surface area (Å²) < 4.78 is 59.0. The standard InChI is InChI=1S/C25H26F4N4O3/c1-13-12-36-9-6-15(13)19-10-17-21(18(26)11-30-22(17)31-19)14-4-7-33(8-5-14)24(35)16-2-3-20(25(27,28)29)32-23(16)34/h2-3,10-11,13-15H,4-9,12H2,1H3,(H,30,31)(H,32,34)/t13-,15+/m1/s1. The third kappa shape index (κ3) is 4.52. The Morgan fingerprint density at radius 3 is 2.58 bits per heavy atom. The van der Waals surface area contributed by atoms with Crippen LogP contribution in [0, 0.1) is 11.7 Å². The minimum absolute atomic E-state index is 0.166. The van der Waals surface area contributed by atoms with Gasteiger partial charge in [-0.1, -0.05) is 6.92 Å². The number of nitrogens with one attached hydrogen (secondary N) is 2. The van der Waals surface area contributed by atoms with Gasteiger partial charge in [0.1, 0.15) is 22.7 Å². The summed E-state index contributed by atoms with van der Waals surface area (Å²) in [6.45, 7) is 3.97. The van der Waals surface area contributed by atoms with E-state index in [0.29, 0.717) is 49.3 Å². The van der Waals surface area contributed by atoms with Crippen molar-refractivity contribution < 1.29 is 27.1 Å². The maximum Gasteiger partial charge on any atom is 0.431 e. The van der Waals surface area contributed by atoms with Gasteiger partial charge in [0.05, 0.1) is 6.20 Å². The van der Waals surface area contributed by atoms with Crippen molar-refractivity contribution in [1.29, 1.82) is 0 Å². The van der Waals surface area contributed by atoms with Crippen LogP contribution >= 0.6 is 0 Å². The Morgan fingerprint density at radius 2 is 1.92 bits per heavy atom. The molecule has 2 N–H and O–H groups in total. The fourth-order valence-electron chi connectivity index (χ4n) is 5.40. The molecule has 0 radical (unpaired) electrons. The molecule has 192 valence electrons. The highest BCUT2D eigenvalue weighted by atomic mass is 19.4. The maximum absolute atomic E-state index is 15.0. The second-order valence-electron chi connectivity index (χ2n) is 9.63. The number of likely N-dealkylation sites (tertiary alicyclic amines) is 1. The molecule has 7 nitrogen and oxygen atoms in total. The lowest BCUT2D eigenvalue weighted by atomic mass is 9.85. The molecule has 3 aromatic heterocycles. The summed E-state index contributed by atoms with van der Waals surface area (Å²) in [7, 11) is 0. The van der Waals surface area contributed by atoms with E-state index in [4.69, 9.17) is 4.74 Å². The van der Waals surface area contributed by atoms with Gasteiger partial charge in [-0.05, 0) is 49.3 Å². The summed E-state index contributed by atoms with van der Waals surface area (Å²) in [4.78, 5) is 35.7. The topological polar surface area (TPSA) is 91.1 Å². The Bertz CT molecular complexity index is 1340. The molecule has 2 fully saturated rings. The zero-order chi connectivity index (χ0) is 25.6. The molecule has 0 bridgehead atoms. The van der Waals surface area contributed by atoms with E-state index in [1.54, 1.807) is 4.98 Å². The average Bonchev–Trinajstić information content (AvgIpc) is 3.27. The number of hydrogen-bond acceptors (Lipinski definition) is 4. The minimum Gasteiger partial charge on any atom is -0.381 e. The Labute approximate surface area is 203 Å². The quantitative estimate of drug-likeness (QED) is 0.510.